The minimum atomic E-state index is 0.111. The summed E-state index contributed by atoms with van der Waals surface area (Å²) in [6.45, 7) is 0.696. The topological polar surface area (TPSA) is 51.8 Å². The van der Waals surface area contributed by atoms with Gasteiger partial charge in [-0.15, -0.1) is 0 Å². The lowest BCUT2D eigenvalue weighted by molar-refractivity contribution is 0.236. The van der Waals surface area contributed by atoms with Gasteiger partial charge < -0.3 is 5.73 Å². The molecule has 0 aliphatic heterocycles. The van der Waals surface area contributed by atoms with Crippen molar-refractivity contribution in [3.63, 3.8) is 0 Å². The minimum absolute atomic E-state index is 0.111. The first kappa shape index (κ1) is 10.2. The van der Waals surface area contributed by atoms with Gasteiger partial charge in [0.15, 0.2) is 0 Å². The molecule has 0 unspecified atom stereocenters. The Hall–Kier alpha value is -0.960. The summed E-state index contributed by atoms with van der Waals surface area (Å²) >= 11 is 0. The molecule has 2 saturated carbocycles. The van der Waals surface area contributed by atoms with Crippen LogP contribution in [0.4, 0.5) is 0 Å². The number of nitrogens with zero attached hydrogens (tertiary/aromatic N) is 2. The lowest BCUT2D eigenvalue weighted by Crippen LogP contribution is -2.43. The van der Waals surface area contributed by atoms with Crippen molar-refractivity contribution in [2.24, 2.45) is 5.73 Å². The lowest BCUT2D eigenvalue weighted by Gasteiger charge is -2.39. The average Bonchev–Trinajstić information content (AvgIpc) is 2.15. The molecule has 2 aliphatic carbocycles. The van der Waals surface area contributed by atoms with Crippen LogP contribution in [0.2, 0.25) is 0 Å². The lowest BCUT2D eigenvalue weighted by atomic mass is 9.68. The normalized spacial score (nSPS) is 23.6. The van der Waals surface area contributed by atoms with E-state index >= 15 is 0 Å². The van der Waals surface area contributed by atoms with Crippen LogP contribution in [0.15, 0.2) is 12.3 Å². The zero-order chi connectivity index (χ0) is 11.0. The third kappa shape index (κ3) is 1.46. The molecule has 0 bridgehead atoms. The van der Waals surface area contributed by atoms with E-state index in [4.69, 9.17) is 10.7 Å². The molecule has 0 saturated heterocycles. The van der Waals surface area contributed by atoms with Gasteiger partial charge in [-0.25, -0.2) is 9.97 Å². The van der Waals surface area contributed by atoms with Crippen molar-refractivity contribution >= 4 is 0 Å². The average molecular weight is 217 g/mol. The van der Waals surface area contributed by atoms with Gasteiger partial charge in [-0.1, -0.05) is 12.8 Å². The third-order valence-electron chi connectivity index (χ3n) is 4.38. The molecule has 3 rings (SSSR count). The summed E-state index contributed by atoms with van der Waals surface area (Å²) in [6.07, 6.45) is 9.47. The maximum atomic E-state index is 5.89. The van der Waals surface area contributed by atoms with Crippen LogP contribution in [0.1, 0.15) is 56.0 Å². The van der Waals surface area contributed by atoms with Crippen LogP contribution in [0.5, 0.6) is 0 Å². The van der Waals surface area contributed by atoms with Crippen molar-refractivity contribution in [2.45, 2.75) is 49.9 Å². The zero-order valence-electron chi connectivity index (χ0n) is 9.65. The van der Waals surface area contributed by atoms with Gasteiger partial charge >= 0.3 is 0 Å². The molecule has 0 radical (unpaired) electrons. The number of hydrogen-bond acceptors (Lipinski definition) is 3. The monoisotopic (exact) mass is 217 g/mol. The van der Waals surface area contributed by atoms with Crippen molar-refractivity contribution in [3.8, 4) is 0 Å². The largest absolute Gasteiger partial charge is 0.329 e. The van der Waals surface area contributed by atoms with Gasteiger partial charge in [-0.05, 0) is 31.7 Å². The molecule has 2 aliphatic rings. The molecule has 0 aromatic carbocycles. The first-order valence-electron chi connectivity index (χ1n) is 6.38. The predicted octanol–water partition coefficient (Wildman–Crippen LogP) is 2.12. The van der Waals surface area contributed by atoms with Gasteiger partial charge in [0.05, 0.1) is 0 Å². The Morgan fingerprint density at radius 1 is 1.31 bits per heavy atom. The first-order chi connectivity index (χ1) is 7.84. The SMILES string of the molecule is NCC1(c2nccc(C3CCC3)n2)CCC1. The summed E-state index contributed by atoms with van der Waals surface area (Å²) in [5.41, 5.74) is 7.25. The number of rotatable bonds is 3. The van der Waals surface area contributed by atoms with Gasteiger partial charge in [0.2, 0.25) is 0 Å². The summed E-state index contributed by atoms with van der Waals surface area (Å²) in [7, 11) is 0. The van der Waals surface area contributed by atoms with Crippen LogP contribution in [0.3, 0.4) is 0 Å². The van der Waals surface area contributed by atoms with E-state index < -0.39 is 0 Å². The highest BCUT2D eigenvalue weighted by Gasteiger charge is 2.40. The van der Waals surface area contributed by atoms with Gasteiger partial charge in [-0.3, -0.25) is 0 Å². The second kappa shape index (κ2) is 3.81. The highest BCUT2D eigenvalue weighted by molar-refractivity contribution is 5.19. The van der Waals surface area contributed by atoms with Crippen molar-refractivity contribution in [2.75, 3.05) is 6.54 Å². The standard InChI is InChI=1S/C13H19N3/c14-9-13(6-2-7-13)12-15-8-5-11(16-12)10-3-1-4-10/h5,8,10H,1-4,6-7,9,14H2. The molecular weight excluding hydrogens is 198 g/mol. The fourth-order valence-electron chi connectivity index (χ4n) is 2.68. The Bertz CT molecular complexity index is 375. The van der Waals surface area contributed by atoms with Crippen LogP contribution in [-0.2, 0) is 5.41 Å². The van der Waals surface area contributed by atoms with E-state index in [0.29, 0.717) is 12.5 Å². The maximum Gasteiger partial charge on any atom is 0.135 e. The summed E-state index contributed by atoms with van der Waals surface area (Å²) in [4.78, 5) is 9.22. The van der Waals surface area contributed by atoms with E-state index in [2.05, 4.69) is 11.1 Å². The maximum absolute atomic E-state index is 5.89. The van der Waals surface area contributed by atoms with E-state index in [1.54, 1.807) is 0 Å². The van der Waals surface area contributed by atoms with Gasteiger partial charge in [0, 0.05) is 29.8 Å². The molecule has 0 atom stereocenters. The van der Waals surface area contributed by atoms with Gasteiger partial charge in [0.25, 0.3) is 0 Å². The van der Waals surface area contributed by atoms with Crippen LogP contribution in [0, 0.1) is 0 Å². The fraction of sp³-hybridized carbons (Fsp3) is 0.692. The highest BCUT2D eigenvalue weighted by atomic mass is 14.9. The van der Waals surface area contributed by atoms with Crippen molar-refractivity contribution in [3.05, 3.63) is 23.8 Å². The van der Waals surface area contributed by atoms with Crippen LogP contribution < -0.4 is 5.73 Å². The molecular formula is C13H19N3. The molecule has 0 spiro atoms. The Kier molecular flexibility index (Phi) is 2.43. The Morgan fingerprint density at radius 3 is 2.62 bits per heavy atom. The molecule has 16 heavy (non-hydrogen) atoms. The molecule has 3 heteroatoms. The molecule has 1 aromatic heterocycles. The molecule has 1 aromatic rings. The summed E-state index contributed by atoms with van der Waals surface area (Å²) in [5, 5.41) is 0. The summed E-state index contributed by atoms with van der Waals surface area (Å²) in [5.74, 6) is 1.70. The third-order valence-corrected chi connectivity index (χ3v) is 4.38. The molecule has 2 fully saturated rings. The second-order valence-corrected chi connectivity index (χ2v) is 5.27. The molecule has 0 amide bonds. The van der Waals surface area contributed by atoms with E-state index in [1.807, 2.05) is 6.20 Å². The molecule has 2 N–H and O–H groups in total. The molecule has 1 heterocycles. The number of nitrogens with two attached hydrogens (primary N) is 1. The Labute approximate surface area is 96.5 Å². The highest BCUT2D eigenvalue weighted by Crippen LogP contribution is 2.42. The Balaban J connectivity index is 1.89. The van der Waals surface area contributed by atoms with Crippen LogP contribution in [0.25, 0.3) is 0 Å². The van der Waals surface area contributed by atoms with Crippen LogP contribution in [-0.4, -0.2) is 16.5 Å². The van der Waals surface area contributed by atoms with Gasteiger partial charge in [0.1, 0.15) is 5.82 Å². The fourth-order valence-corrected chi connectivity index (χ4v) is 2.68. The van der Waals surface area contributed by atoms with Crippen molar-refractivity contribution in [1.82, 2.24) is 9.97 Å². The van der Waals surface area contributed by atoms with E-state index in [9.17, 15) is 0 Å². The van der Waals surface area contributed by atoms with E-state index in [-0.39, 0.29) is 5.41 Å². The molecule has 3 nitrogen and oxygen atoms in total. The van der Waals surface area contributed by atoms with Gasteiger partial charge in [-0.2, -0.15) is 0 Å². The Morgan fingerprint density at radius 2 is 2.12 bits per heavy atom. The minimum Gasteiger partial charge on any atom is -0.329 e. The smallest absolute Gasteiger partial charge is 0.135 e. The predicted molar refractivity (Wildman–Crippen MR) is 63.2 cm³/mol. The second-order valence-electron chi connectivity index (χ2n) is 5.27. The van der Waals surface area contributed by atoms with Crippen molar-refractivity contribution in [1.29, 1.82) is 0 Å². The summed E-state index contributed by atoms with van der Waals surface area (Å²) < 4.78 is 0. The molecule has 86 valence electrons. The first-order valence-corrected chi connectivity index (χ1v) is 6.38. The quantitative estimate of drug-likeness (QED) is 0.843. The van der Waals surface area contributed by atoms with E-state index in [1.165, 1.54) is 31.4 Å². The van der Waals surface area contributed by atoms with E-state index in [0.717, 1.165) is 18.7 Å². The number of hydrogen-bond donors (Lipinski definition) is 1. The van der Waals surface area contributed by atoms with Crippen molar-refractivity contribution < 1.29 is 0 Å². The zero-order valence-corrected chi connectivity index (χ0v) is 9.65. The number of aromatic nitrogens is 2. The van der Waals surface area contributed by atoms with Crippen LogP contribution >= 0.6 is 0 Å². The summed E-state index contributed by atoms with van der Waals surface area (Å²) in [6, 6.07) is 2.08.